The van der Waals surface area contributed by atoms with Crippen molar-refractivity contribution in [1.29, 1.82) is 0 Å². The second-order valence-electron chi connectivity index (χ2n) is 4.42. The molecule has 0 radical (unpaired) electrons. The number of carboxylic acids is 1. The largest absolute Gasteiger partial charge is 0.477 e. The summed E-state index contributed by atoms with van der Waals surface area (Å²) in [7, 11) is 0. The lowest BCUT2D eigenvalue weighted by molar-refractivity contribution is 0.0691. The second kappa shape index (κ2) is 4.85. The Morgan fingerprint density at radius 2 is 1.65 bits per heavy atom. The van der Waals surface area contributed by atoms with E-state index in [4.69, 9.17) is 28.3 Å². The molecule has 20 heavy (non-hydrogen) atoms. The number of aromatic nitrogens is 1. The Kier molecular flexibility index (Phi) is 3.16. The van der Waals surface area contributed by atoms with Gasteiger partial charge >= 0.3 is 5.97 Å². The summed E-state index contributed by atoms with van der Waals surface area (Å²) in [6, 6.07) is 12.7. The van der Waals surface area contributed by atoms with E-state index in [0.717, 1.165) is 22.0 Å². The van der Waals surface area contributed by atoms with Crippen LogP contribution < -0.4 is 0 Å². The predicted molar refractivity (Wildman–Crippen MR) is 80.7 cm³/mol. The molecule has 0 aliphatic rings. The number of rotatable bonds is 2. The van der Waals surface area contributed by atoms with Crippen LogP contribution in [0.15, 0.2) is 42.5 Å². The lowest BCUT2D eigenvalue weighted by Crippen LogP contribution is -1.94. The molecule has 0 atom stereocenters. The van der Waals surface area contributed by atoms with Crippen molar-refractivity contribution in [3.05, 3.63) is 58.2 Å². The molecule has 0 aliphatic heterocycles. The first kappa shape index (κ1) is 13.0. The number of halogens is 2. The molecule has 0 amide bonds. The van der Waals surface area contributed by atoms with E-state index in [1.807, 2.05) is 24.3 Å². The number of aromatic carboxylic acids is 1. The van der Waals surface area contributed by atoms with Crippen LogP contribution in [0.1, 0.15) is 10.5 Å². The molecule has 5 heteroatoms. The van der Waals surface area contributed by atoms with Gasteiger partial charge in [-0.25, -0.2) is 4.79 Å². The highest BCUT2D eigenvalue weighted by Crippen LogP contribution is 2.30. The highest BCUT2D eigenvalue weighted by molar-refractivity contribution is 6.42. The van der Waals surface area contributed by atoms with E-state index in [-0.39, 0.29) is 5.69 Å². The van der Waals surface area contributed by atoms with Crippen LogP contribution in [0.5, 0.6) is 0 Å². The lowest BCUT2D eigenvalue weighted by atomic mass is 10.0. The summed E-state index contributed by atoms with van der Waals surface area (Å²) in [5.74, 6) is -0.975. The summed E-state index contributed by atoms with van der Waals surface area (Å²) in [6.07, 6.45) is 0. The maximum atomic E-state index is 10.9. The van der Waals surface area contributed by atoms with E-state index >= 15 is 0 Å². The summed E-state index contributed by atoms with van der Waals surface area (Å²) in [4.78, 5) is 13.8. The van der Waals surface area contributed by atoms with E-state index in [2.05, 4.69) is 4.98 Å². The summed E-state index contributed by atoms with van der Waals surface area (Å²) < 4.78 is 0. The highest BCUT2D eigenvalue weighted by Gasteiger charge is 2.09. The fourth-order valence-electron chi connectivity index (χ4n) is 2.10. The molecular formula is C15H9Cl2NO2. The Balaban J connectivity index is 2.12. The number of nitrogens with one attached hydrogen (secondary N) is 1. The molecule has 3 rings (SSSR count). The maximum absolute atomic E-state index is 10.9. The topological polar surface area (TPSA) is 53.1 Å². The molecule has 100 valence electrons. The Bertz CT molecular complexity index is 824. The minimum Gasteiger partial charge on any atom is -0.477 e. The minimum absolute atomic E-state index is 0.172. The number of hydrogen-bond acceptors (Lipinski definition) is 1. The fourth-order valence-corrected chi connectivity index (χ4v) is 2.40. The number of carbonyl (C=O) groups is 1. The van der Waals surface area contributed by atoms with E-state index < -0.39 is 5.97 Å². The van der Waals surface area contributed by atoms with E-state index in [0.29, 0.717) is 10.0 Å². The summed E-state index contributed by atoms with van der Waals surface area (Å²) in [5, 5.41) is 10.8. The normalized spacial score (nSPS) is 10.9. The van der Waals surface area contributed by atoms with Gasteiger partial charge in [0.1, 0.15) is 5.69 Å². The van der Waals surface area contributed by atoms with Crippen molar-refractivity contribution >= 4 is 40.1 Å². The molecular weight excluding hydrogens is 297 g/mol. The van der Waals surface area contributed by atoms with Gasteiger partial charge in [-0.1, -0.05) is 35.3 Å². The van der Waals surface area contributed by atoms with E-state index in [1.54, 1.807) is 18.2 Å². The molecule has 0 saturated heterocycles. The molecule has 3 nitrogen and oxygen atoms in total. The first-order valence-corrected chi connectivity index (χ1v) is 6.62. The van der Waals surface area contributed by atoms with Gasteiger partial charge in [0.15, 0.2) is 0 Å². The van der Waals surface area contributed by atoms with Gasteiger partial charge in [0, 0.05) is 10.9 Å². The zero-order chi connectivity index (χ0) is 14.3. The number of aromatic amines is 1. The number of H-pyrrole nitrogens is 1. The van der Waals surface area contributed by atoms with Gasteiger partial charge in [-0.05, 0) is 41.5 Å². The van der Waals surface area contributed by atoms with Gasteiger partial charge in [-0.3, -0.25) is 0 Å². The van der Waals surface area contributed by atoms with Crippen molar-refractivity contribution in [1.82, 2.24) is 4.98 Å². The first-order chi connectivity index (χ1) is 9.54. The highest BCUT2D eigenvalue weighted by atomic mass is 35.5. The molecule has 1 aromatic heterocycles. The SMILES string of the molecule is O=C(O)c1cc2cc(-c3ccc(Cl)c(Cl)c3)ccc2[nH]1. The third kappa shape index (κ3) is 2.26. The Morgan fingerprint density at radius 3 is 2.35 bits per heavy atom. The van der Waals surface area contributed by atoms with Gasteiger partial charge in [-0.2, -0.15) is 0 Å². The molecule has 2 N–H and O–H groups in total. The van der Waals surface area contributed by atoms with Crippen molar-refractivity contribution in [2.45, 2.75) is 0 Å². The molecule has 3 aromatic rings. The number of hydrogen-bond donors (Lipinski definition) is 2. The quantitative estimate of drug-likeness (QED) is 0.711. The number of fused-ring (bicyclic) bond motifs is 1. The smallest absolute Gasteiger partial charge is 0.352 e. The number of carboxylic acid groups (broad SMARTS) is 1. The molecule has 0 aliphatic carbocycles. The third-order valence-corrected chi connectivity index (χ3v) is 3.84. The van der Waals surface area contributed by atoms with E-state index in [1.165, 1.54) is 0 Å². The van der Waals surface area contributed by atoms with Crippen molar-refractivity contribution in [2.24, 2.45) is 0 Å². The Morgan fingerprint density at radius 1 is 0.950 bits per heavy atom. The molecule has 1 heterocycles. The van der Waals surface area contributed by atoms with E-state index in [9.17, 15) is 4.79 Å². The van der Waals surface area contributed by atoms with Gasteiger partial charge in [0.05, 0.1) is 10.0 Å². The Labute approximate surface area is 124 Å². The monoisotopic (exact) mass is 305 g/mol. The summed E-state index contributed by atoms with van der Waals surface area (Å²) >= 11 is 11.9. The zero-order valence-corrected chi connectivity index (χ0v) is 11.7. The number of benzene rings is 2. The lowest BCUT2D eigenvalue weighted by Gasteiger charge is -2.04. The molecule has 2 aromatic carbocycles. The van der Waals surface area contributed by atoms with Crippen LogP contribution in [0.25, 0.3) is 22.0 Å². The van der Waals surface area contributed by atoms with Gasteiger partial charge in [-0.15, -0.1) is 0 Å². The van der Waals surface area contributed by atoms with Crippen LogP contribution in [0.4, 0.5) is 0 Å². The van der Waals surface area contributed by atoms with Crippen molar-refractivity contribution in [3.63, 3.8) is 0 Å². The predicted octanol–water partition coefficient (Wildman–Crippen LogP) is 4.84. The zero-order valence-electron chi connectivity index (χ0n) is 10.2. The standard InChI is InChI=1S/C15H9Cl2NO2/c16-11-3-1-9(6-12(11)17)8-2-4-13-10(5-8)7-14(18-13)15(19)20/h1-7,18H,(H,19,20). The van der Waals surface area contributed by atoms with Crippen LogP contribution in [0.3, 0.4) is 0 Å². The van der Waals surface area contributed by atoms with Crippen LogP contribution in [0, 0.1) is 0 Å². The molecule has 0 fully saturated rings. The van der Waals surface area contributed by atoms with Crippen LogP contribution in [0.2, 0.25) is 10.0 Å². The van der Waals surface area contributed by atoms with Gasteiger partial charge in [0.25, 0.3) is 0 Å². The minimum atomic E-state index is -0.975. The van der Waals surface area contributed by atoms with Crippen LogP contribution in [-0.4, -0.2) is 16.1 Å². The van der Waals surface area contributed by atoms with Gasteiger partial charge < -0.3 is 10.1 Å². The molecule has 0 saturated carbocycles. The van der Waals surface area contributed by atoms with Gasteiger partial charge in [0.2, 0.25) is 0 Å². The van der Waals surface area contributed by atoms with Crippen LogP contribution in [-0.2, 0) is 0 Å². The Hall–Kier alpha value is -1.97. The van der Waals surface area contributed by atoms with Crippen molar-refractivity contribution in [3.8, 4) is 11.1 Å². The van der Waals surface area contributed by atoms with Crippen molar-refractivity contribution in [2.75, 3.05) is 0 Å². The van der Waals surface area contributed by atoms with Crippen LogP contribution >= 0.6 is 23.2 Å². The third-order valence-electron chi connectivity index (χ3n) is 3.10. The summed E-state index contributed by atoms with van der Waals surface area (Å²) in [6.45, 7) is 0. The second-order valence-corrected chi connectivity index (χ2v) is 5.23. The first-order valence-electron chi connectivity index (χ1n) is 5.86. The molecule has 0 bridgehead atoms. The summed E-state index contributed by atoms with van der Waals surface area (Å²) in [5.41, 5.74) is 2.84. The average molecular weight is 306 g/mol. The fraction of sp³-hybridized carbons (Fsp3) is 0. The molecule has 0 spiro atoms. The molecule has 0 unspecified atom stereocenters. The average Bonchev–Trinajstić information content (AvgIpc) is 2.85. The van der Waals surface area contributed by atoms with Crippen molar-refractivity contribution < 1.29 is 9.90 Å². The maximum Gasteiger partial charge on any atom is 0.352 e.